The summed E-state index contributed by atoms with van der Waals surface area (Å²) in [6, 6.07) is 10.7. The van der Waals surface area contributed by atoms with Crippen LogP contribution in [0, 0.1) is 6.07 Å². The molecule has 1 radical (unpaired) electrons. The number of rotatable bonds is 4. The third-order valence-electron chi connectivity index (χ3n) is 1.86. The lowest BCUT2D eigenvalue weighted by atomic mass is 10.3. The van der Waals surface area contributed by atoms with Gasteiger partial charge in [0, 0.05) is 38.8 Å². The molecule has 0 bridgehead atoms. The van der Waals surface area contributed by atoms with Gasteiger partial charge in [0.15, 0.2) is 0 Å². The van der Waals surface area contributed by atoms with Gasteiger partial charge in [0.05, 0.1) is 0 Å². The normalized spacial score (nSPS) is 9.57. The van der Waals surface area contributed by atoms with Crippen molar-refractivity contribution in [2.45, 2.75) is 6.42 Å². The van der Waals surface area contributed by atoms with Crippen molar-refractivity contribution in [3.05, 3.63) is 30.3 Å². The number of hydrogen-bond donors (Lipinski definition) is 1. The number of hydrogen-bond acceptors (Lipinski definition) is 2. The number of anilines is 1. The van der Waals surface area contributed by atoms with Crippen molar-refractivity contribution in [1.82, 2.24) is 4.90 Å². The zero-order chi connectivity index (χ0) is 10.4. The summed E-state index contributed by atoms with van der Waals surface area (Å²) in [4.78, 5) is 12.8. The number of carbonyl (C=O) groups is 1. The van der Waals surface area contributed by atoms with E-state index >= 15 is 0 Å². The molecule has 14 heavy (non-hydrogen) atoms. The molecule has 0 saturated carbocycles. The molecule has 0 unspecified atom stereocenters. The summed E-state index contributed by atoms with van der Waals surface area (Å²) in [6.07, 6.45) is 0.510. The molecule has 0 spiro atoms. The molecule has 3 nitrogen and oxygen atoms in total. The molecule has 3 heteroatoms. The molecular formula is C11H15N2O. The molecule has 0 atom stereocenters. The lowest BCUT2D eigenvalue weighted by molar-refractivity contribution is -0.128. The molecule has 75 valence electrons. The van der Waals surface area contributed by atoms with E-state index in [2.05, 4.69) is 11.4 Å². The molecular weight excluding hydrogens is 176 g/mol. The van der Waals surface area contributed by atoms with Crippen molar-refractivity contribution in [3.8, 4) is 0 Å². The summed E-state index contributed by atoms with van der Waals surface area (Å²) in [5.41, 5.74) is 0.930. The maximum atomic E-state index is 11.2. The SMILES string of the molecule is CN(C)C(=O)CCNc1[c]cccc1. The van der Waals surface area contributed by atoms with E-state index in [-0.39, 0.29) is 5.91 Å². The molecule has 0 heterocycles. The number of benzene rings is 1. The summed E-state index contributed by atoms with van der Waals surface area (Å²) in [7, 11) is 3.52. The molecule has 0 aliphatic carbocycles. The predicted molar refractivity (Wildman–Crippen MR) is 57.1 cm³/mol. The van der Waals surface area contributed by atoms with Crippen LogP contribution in [0.5, 0.6) is 0 Å². The van der Waals surface area contributed by atoms with E-state index < -0.39 is 0 Å². The van der Waals surface area contributed by atoms with Crippen molar-refractivity contribution in [1.29, 1.82) is 0 Å². The second-order valence-electron chi connectivity index (χ2n) is 3.24. The highest BCUT2D eigenvalue weighted by atomic mass is 16.2. The molecule has 1 rings (SSSR count). The van der Waals surface area contributed by atoms with Crippen LogP contribution in [-0.4, -0.2) is 31.4 Å². The van der Waals surface area contributed by atoms with Crippen LogP contribution in [0.1, 0.15) is 6.42 Å². The van der Waals surface area contributed by atoms with E-state index in [9.17, 15) is 4.79 Å². The van der Waals surface area contributed by atoms with Crippen LogP contribution < -0.4 is 5.32 Å². The molecule has 0 aromatic heterocycles. The Morgan fingerprint density at radius 3 is 2.86 bits per heavy atom. The molecule has 0 saturated heterocycles. The van der Waals surface area contributed by atoms with Crippen LogP contribution in [0.25, 0.3) is 0 Å². The molecule has 0 aliphatic heterocycles. The summed E-state index contributed by atoms with van der Waals surface area (Å²) < 4.78 is 0. The fourth-order valence-electron chi connectivity index (χ4n) is 1.03. The predicted octanol–water partition coefficient (Wildman–Crippen LogP) is 1.38. The lowest BCUT2D eigenvalue weighted by Gasteiger charge is -2.10. The largest absolute Gasteiger partial charge is 0.384 e. The minimum absolute atomic E-state index is 0.133. The Morgan fingerprint density at radius 1 is 1.50 bits per heavy atom. The van der Waals surface area contributed by atoms with Crippen molar-refractivity contribution in [2.24, 2.45) is 0 Å². The van der Waals surface area contributed by atoms with Gasteiger partial charge in [-0.25, -0.2) is 0 Å². The minimum Gasteiger partial charge on any atom is -0.384 e. The maximum Gasteiger partial charge on any atom is 0.223 e. The summed E-state index contributed by atoms with van der Waals surface area (Å²) >= 11 is 0. The molecule has 0 aliphatic rings. The number of nitrogens with one attached hydrogen (secondary N) is 1. The smallest absolute Gasteiger partial charge is 0.223 e. The summed E-state index contributed by atoms with van der Waals surface area (Å²) in [6.45, 7) is 0.650. The highest BCUT2D eigenvalue weighted by molar-refractivity contribution is 5.76. The van der Waals surface area contributed by atoms with Crippen LogP contribution in [-0.2, 0) is 4.79 Å². The van der Waals surface area contributed by atoms with Gasteiger partial charge in [0.25, 0.3) is 0 Å². The monoisotopic (exact) mass is 191 g/mol. The Balaban J connectivity index is 2.26. The average Bonchev–Trinajstić information content (AvgIpc) is 2.19. The van der Waals surface area contributed by atoms with Gasteiger partial charge in [0.2, 0.25) is 5.91 Å². The maximum absolute atomic E-state index is 11.2. The molecule has 1 aromatic rings. The van der Waals surface area contributed by atoms with E-state index in [1.165, 1.54) is 0 Å². The first-order valence-electron chi connectivity index (χ1n) is 4.61. The highest BCUT2D eigenvalue weighted by Crippen LogP contribution is 2.03. The van der Waals surface area contributed by atoms with Gasteiger partial charge in [-0.3, -0.25) is 4.79 Å². The number of amides is 1. The Kier molecular flexibility index (Phi) is 3.98. The Hall–Kier alpha value is -1.51. The van der Waals surface area contributed by atoms with Crippen molar-refractivity contribution < 1.29 is 4.79 Å². The first-order valence-corrected chi connectivity index (χ1v) is 4.61. The first-order chi connectivity index (χ1) is 6.70. The van der Waals surface area contributed by atoms with Gasteiger partial charge in [-0.15, -0.1) is 0 Å². The van der Waals surface area contributed by atoms with Gasteiger partial charge in [0.1, 0.15) is 0 Å². The van der Waals surface area contributed by atoms with Crippen LogP contribution in [0.2, 0.25) is 0 Å². The Morgan fingerprint density at radius 2 is 2.29 bits per heavy atom. The van der Waals surface area contributed by atoms with Crippen molar-refractivity contribution in [3.63, 3.8) is 0 Å². The third-order valence-corrected chi connectivity index (χ3v) is 1.86. The van der Waals surface area contributed by atoms with E-state index in [0.717, 1.165) is 5.69 Å². The van der Waals surface area contributed by atoms with Crippen molar-refractivity contribution >= 4 is 11.6 Å². The van der Waals surface area contributed by atoms with Crippen LogP contribution >= 0.6 is 0 Å². The molecule has 1 N–H and O–H groups in total. The second-order valence-corrected chi connectivity index (χ2v) is 3.24. The van der Waals surface area contributed by atoms with Crippen LogP contribution in [0.3, 0.4) is 0 Å². The second kappa shape index (κ2) is 5.27. The molecule has 1 amide bonds. The topological polar surface area (TPSA) is 32.3 Å². The van der Waals surface area contributed by atoms with Gasteiger partial charge >= 0.3 is 0 Å². The zero-order valence-corrected chi connectivity index (χ0v) is 8.58. The quantitative estimate of drug-likeness (QED) is 0.779. The minimum atomic E-state index is 0.133. The van der Waals surface area contributed by atoms with Crippen LogP contribution in [0.4, 0.5) is 5.69 Å². The number of nitrogens with zero attached hydrogens (tertiary/aromatic N) is 1. The van der Waals surface area contributed by atoms with E-state index in [4.69, 9.17) is 0 Å². The van der Waals surface area contributed by atoms with E-state index in [1.807, 2.05) is 24.3 Å². The standard InChI is InChI=1S/C11H15N2O/c1-13(2)11(14)8-9-12-10-6-4-3-5-7-10/h3-6,12H,8-9H2,1-2H3. The highest BCUT2D eigenvalue weighted by Gasteiger charge is 2.02. The van der Waals surface area contributed by atoms with Crippen molar-refractivity contribution in [2.75, 3.05) is 26.0 Å². The third kappa shape index (κ3) is 3.47. The first kappa shape index (κ1) is 10.6. The number of para-hydroxylation sites is 1. The van der Waals surface area contributed by atoms with Gasteiger partial charge in [-0.2, -0.15) is 0 Å². The van der Waals surface area contributed by atoms with Gasteiger partial charge in [-0.1, -0.05) is 18.2 Å². The average molecular weight is 191 g/mol. The number of carbonyl (C=O) groups excluding carboxylic acids is 1. The van der Waals surface area contributed by atoms with Crippen LogP contribution in [0.15, 0.2) is 24.3 Å². The molecule has 1 aromatic carbocycles. The van der Waals surface area contributed by atoms with Gasteiger partial charge in [-0.05, 0) is 6.07 Å². The zero-order valence-electron chi connectivity index (χ0n) is 8.58. The summed E-state index contributed by atoms with van der Waals surface area (Å²) in [5, 5.41) is 3.13. The fraction of sp³-hybridized carbons (Fsp3) is 0.364. The Bertz CT molecular complexity index is 283. The molecule has 0 fully saturated rings. The van der Waals surface area contributed by atoms with E-state index in [0.29, 0.717) is 13.0 Å². The Labute approximate surface area is 84.7 Å². The van der Waals surface area contributed by atoms with Gasteiger partial charge < -0.3 is 10.2 Å². The fourth-order valence-corrected chi connectivity index (χ4v) is 1.03. The van der Waals surface area contributed by atoms with E-state index in [1.54, 1.807) is 19.0 Å². The summed E-state index contributed by atoms with van der Waals surface area (Å²) in [5.74, 6) is 0.133. The lowest BCUT2D eigenvalue weighted by Crippen LogP contribution is -2.23.